The second-order valence-electron chi connectivity index (χ2n) is 6.03. The van der Waals surface area contributed by atoms with E-state index in [1.807, 2.05) is 6.92 Å². The molecule has 0 aliphatic carbocycles. The van der Waals surface area contributed by atoms with Gasteiger partial charge in [0.15, 0.2) is 0 Å². The molecule has 0 aromatic rings. The lowest BCUT2D eigenvalue weighted by atomic mass is 10.2. The van der Waals surface area contributed by atoms with Crippen LogP contribution in [0.2, 0.25) is 0 Å². The Morgan fingerprint density at radius 1 is 1.48 bits per heavy atom. The van der Waals surface area contributed by atoms with Crippen LogP contribution in [0.25, 0.3) is 0 Å². The van der Waals surface area contributed by atoms with E-state index in [4.69, 9.17) is 16.2 Å². The summed E-state index contributed by atoms with van der Waals surface area (Å²) in [6.45, 7) is 10.3. The molecule has 1 rings (SSSR count). The van der Waals surface area contributed by atoms with E-state index >= 15 is 0 Å². The fourth-order valence-corrected chi connectivity index (χ4v) is 2.63. The van der Waals surface area contributed by atoms with Crippen LogP contribution in [-0.4, -0.2) is 72.5 Å². The van der Waals surface area contributed by atoms with E-state index in [1.54, 1.807) is 24.6 Å². The van der Waals surface area contributed by atoms with Crippen molar-refractivity contribution in [2.75, 3.05) is 40.4 Å². The fraction of sp³-hybridized carbons (Fsp3) is 0.667. The van der Waals surface area contributed by atoms with Crippen LogP contribution in [-0.2, 0) is 16.1 Å². The van der Waals surface area contributed by atoms with Crippen molar-refractivity contribution < 1.29 is 9.29 Å². The van der Waals surface area contributed by atoms with E-state index in [0.29, 0.717) is 31.3 Å². The van der Waals surface area contributed by atoms with Crippen molar-refractivity contribution in [3.8, 4) is 0 Å². The van der Waals surface area contributed by atoms with E-state index in [0.717, 1.165) is 11.3 Å². The van der Waals surface area contributed by atoms with Crippen molar-refractivity contribution in [3.05, 3.63) is 22.9 Å². The van der Waals surface area contributed by atoms with E-state index in [1.165, 1.54) is 0 Å². The summed E-state index contributed by atoms with van der Waals surface area (Å²) >= 11 is -1.32. The third-order valence-corrected chi connectivity index (χ3v) is 4.59. The Bertz CT molecular complexity index is 465. The van der Waals surface area contributed by atoms with Crippen LogP contribution >= 0.6 is 0 Å². The van der Waals surface area contributed by atoms with Crippen molar-refractivity contribution in [2.45, 2.75) is 25.9 Å². The Kier molecular flexibility index (Phi) is 8.24. The van der Waals surface area contributed by atoms with Gasteiger partial charge in [0.1, 0.15) is 0 Å². The monoisotopic (exact) mass is 343 g/mol. The first-order chi connectivity index (χ1) is 10.7. The molecule has 1 aliphatic rings. The largest absolute Gasteiger partial charge is 0.592 e. The van der Waals surface area contributed by atoms with Crippen LogP contribution < -0.4 is 11.5 Å². The Morgan fingerprint density at radius 2 is 2.13 bits per heavy atom. The van der Waals surface area contributed by atoms with Crippen LogP contribution in [0.15, 0.2) is 27.9 Å². The van der Waals surface area contributed by atoms with Gasteiger partial charge in [-0.15, -0.1) is 4.31 Å². The lowest BCUT2D eigenvalue weighted by Crippen LogP contribution is -2.37. The van der Waals surface area contributed by atoms with E-state index in [2.05, 4.69) is 23.4 Å². The lowest BCUT2D eigenvalue weighted by Gasteiger charge is -2.24. The molecule has 1 heterocycles. The fourth-order valence-electron chi connectivity index (χ4n) is 2.07. The second kappa shape index (κ2) is 9.41. The third kappa shape index (κ3) is 6.62. The predicted molar refractivity (Wildman–Crippen MR) is 96.2 cm³/mol. The molecule has 1 aliphatic heterocycles. The standard InChI is InChI=1S/C15H29N5O2S/c1-11(16)9-22-10-12(2)20-7-14(15(17)8-20)6-18-13(3)23(21)19(4)5/h6,11-12H,3,7-10,16-17H2,1-2,4-5H3/t11-,12+,23?/m0/s1. The minimum Gasteiger partial charge on any atom is -0.592 e. The Hall–Kier alpha value is -0.900. The minimum absolute atomic E-state index is 0.0373. The molecule has 0 spiro atoms. The van der Waals surface area contributed by atoms with Crippen LogP contribution in [0.4, 0.5) is 0 Å². The Labute approximate surface area is 142 Å². The first kappa shape index (κ1) is 20.1. The summed E-state index contributed by atoms with van der Waals surface area (Å²) in [7, 11) is 3.43. The van der Waals surface area contributed by atoms with Gasteiger partial charge in [-0.2, -0.15) is 0 Å². The number of ether oxygens (including phenoxy) is 1. The summed E-state index contributed by atoms with van der Waals surface area (Å²) in [6, 6.07) is 0.271. The number of rotatable bonds is 9. The maximum absolute atomic E-state index is 11.8. The zero-order valence-corrected chi connectivity index (χ0v) is 15.3. The maximum Gasteiger partial charge on any atom is 0.258 e. The topological polar surface area (TPSA) is 103 Å². The number of nitrogens with two attached hydrogens (primary N) is 2. The van der Waals surface area contributed by atoms with Crippen LogP contribution in [0.5, 0.6) is 0 Å². The molecule has 0 bridgehead atoms. The average molecular weight is 343 g/mol. The van der Waals surface area contributed by atoms with E-state index in [-0.39, 0.29) is 12.1 Å². The highest BCUT2D eigenvalue weighted by molar-refractivity contribution is 7.92. The van der Waals surface area contributed by atoms with Gasteiger partial charge in [0, 0.05) is 56.8 Å². The normalized spacial score (nSPS) is 20.5. The molecule has 0 saturated carbocycles. The molecular weight excluding hydrogens is 314 g/mol. The number of nitrogens with zero attached hydrogens (tertiary/aromatic N) is 3. The van der Waals surface area contributed by atoms with Gasteiger partial charge in [0.2, 0.25) is 0 Å². The van der Waals surface area contributed by atoms with Crippen LogP contribution in [0.1, 0.15) is 13.8 Å². The second-order valence-corrected chi connectivity index (χ2v) is 7.73. The van der Waals surface area contributed by atoms with Gasteiger partial charge >= 0.3 is 0 Å². The SMILES string of the molecule is C=C(N=CC1=C(N)CN([C@H](C)COC[C@H](C)N)C1)[S+]([O-])N(C)C. The molecule has 3 atom stereocenters. The summed E-state index contributed by atoms with van der Waals surface area (Å²) in [5, 5.41) is 0.307. The summed E-state index contributed by atoms with van der Waals surface area (Å²) in [5.74, 6) is 0. The minimum atomic E-state index is -1.32. The van der Waals surface area contributed by atoms with Gasteiger partial charge < -0.3 is 20.8 Å². The summed E-state index contributed by atoms with van der Waals surface area (Å²) in [6.07, 6.45) is 1.66. The van der Waals surface area contributed by atoms with Crippen molar-refractivity contribution in [2.24, 2.45) is 16.5 Å². The molecule has 1 unspecified atom stereocenters. The first-order valence-corrected chi connectivity index (χ1v) is 8.70. The molecule has 132 valence electrons. The van der Waals surface area contributed by atoms with Gasteiger partial charge in [-0.05, 0) is 20.4 Å². The van der Waals surface area contributed by atoms with Gasteiger partial charge in [0.25, 0.3) is 5.03 Å². The van der Waals surface area contributed by atoms with Crippen molar-refractivity contribution in [3.63, 3.8) is 0 Å². The molecule has 7 nitrogen and oxygen atoms in total. The van der Waals surface area contributed by atoms with Crippen LogP contribution in [0.3, 0.4) is 0 Å². The van der Waals surface area contributed by atoms with Gasteiger partial charge in [-0.1, -0.05) is 0 Å². The first-order valence-electron chi connectivity index (χ1n) is 7.59. The lowest BCUT2D eigenvalue weighted by molar-refractivity contribution is 0.0716. The Morgan fingerprint density at radius 3 is 2.70 bits per heavy atom. The molecule has 8 heteroatoms. The summed E-state index contributed by atoms with van der Waals surface area (Å²) in [4.78, 5) is 6.40. The smallest absolute Gasteiger partial charge is 0.258 e. The molecule has 0 radical (unpaired) electrons. The quantitative estimate of drug-likeness (QED) is 0.452. The van der Waals surface area contributed by atoms with Gasteiger partial charge in [0.05, 0.1) is 24.6 Å². The average Bonchev–Trinajstić information content (AvgIpc) is 2.84. The van der Waals surface area contributed by atoms with Gasteiger partial charge in [-0.25, -0.2) is 4.99 Å². The third-order valence-electron chi connectivity index (χ3n) is 3.42. The molecule has 23 heavy (non-hydrogen) atoms. The molecule has 0 aromatic carbocycles. The zero-order chi connectivity index (χ0) is 17.6. The number of hydrogen-bond donors (Lipinski definition) is 2. The molecule has 0 saturated heterocycles. The maximum atomic E-state index is 11.8. The number of hydrogen-bond acceptors (Lipinski definition) is 7. The molecule has 0 aromatic heterocycles. The highest BCUT2D eigenvalue weighted by Crippen LogP contribution is 2.17. The zero-order valence-electron chi connectivity index (χ0n) is 14.5. The highest BCUT2D eigenvalue weighted by Gasteiger charge is 2.24. The summed E-state index contributed by atoms with van der Waals surface area (Å²) < 4.78 is 18.9. The molecule has 4 N–H and O–H groups in total. The van der Waals surface area contributed by atoms with Crippen molar-refractivity contribution in [1.82, 2.24) is 9.21 Å². The molecule has 0 amide bonds. The summed E-state index contributed by atoms with van der Waals surface area (Å²) in [5.41, 5.74) is 13.5. The van der Waals surface area contributed by atoms with Gasteiger partial charge in [-0.3, -0.25) is 4.90 Å². The van der Waals surface area contributed by atoms with Crippen LogP contribution in [0, 0.1) is 0 Å². The van der Waals surface area contributed by atoms with Crippen molar-refractivity contribution in [1.29, 1.82) is 0 Å². The molecule has 0 fully saturated rings. The van der Waals surface area contributed by atoms with E-state index in [9.17, 15) is 4.55 Å². The predicted octanol–water partition coefficient (Wildman–Crippen LogP) is 0.0344. The van der Waals surface area contributed by atoms with E-state index < -0.39 is 11.4 Å². The van der Waals surface area contributed by atoms with Crippen molar-refractivity contribution >= 4 is 17.6 Å². The Balaban J connectivity index is 2.50. The highest BCUT2D eigenvalue weighted by atomic mass is 32.2. The number of aliphatic imine (C=N–C) groups is 1. The molecular formula is C15H29N5O2S.